The van der Waals surface area contributed by atoms with E-state index >= 15 is 0 Å². The number of rotatable bonds is 7. The van der Waals surface area contributed by atoms with Crippen LogP contribution in [0.2, 0.25) is 0 Å². The number of H-pyrrole nitrogens is 1. The van der Waals surface area contributed by atoms with E-state index < -0.39 is 0 Å². The summed E-state index contributed by atoms with van der Waals surface area (Å²) in [7, 11) is 0. The van der Waals surface area contributed by atoms with E-state index in [1.54, 1.807) is 6.92 Å². The normalized spacial score (nSPS) is 15.6. The predicted molar refractivity (Wildman–Crippen MR) is 160 cm³/mol. The van der Waals surface area contributed by atoms with E-state index in [9.17, 15) is 14.4 Å². The van der Waals surface area contributed by atoms with Crippen LogP contribution in [0.1, 0.15) is 37.1 Å². The zero-order valence-electron chi connectivity index (χ0n) is 23.7. The quantitative estimate of drug-likeness (QED) is 0.447. The highest BCUT2D eigenvalue weighted by molar-refractivity contribution is 5.92. The molecule has 3 heterocycles. The number of carbonyl (C=O) groups is 2. The maximum Gasteiger partial charge on any atom is 0.256 e. The number of nitrogens with zero attached hydrogens (tertiary/aromatic N) is 3. The minimum absolute atomic E-state index is 0.0625. The molecule has 0 aliphatic carbocycles. The van der Waals surface area contributed by atoms with Crippen LogP contribution < -0.4 is 10.9 Å². The molecule has 0 radical (unpaired) electrons. The maximum absolute atomic E-state index is 12.9. The first-order chi connectivity index (χ1) is 19.4. The van der Waals surface area contributed by atoms with Gasteiger partial charge in [0.25, 0.3) is 5.56 Å². The lowest BCUT2D eigenvalue weighted by atomic mass is 9.98. The topological polar surface area (TPSA) is 88.8 Å². The smallest absolute Gasteiger partial charge is 0.256 e. The van der Waals surface area contributed by atoms with E-state index in [4.69, 9.17) is 0 Å². The molecular formula is C32H41N5O3. The SMILES string of the molecule is C=C(C)C(=O)NCC.O=C(CCN1CCN(Cc2ccccc2)CC1)N1CCc2c([nH]c(=O)c3ccccc23)C1. The molecular weight excluding hydrogens is 502 g/mol. The molecule has 0 spiro atoms. The van der Waals surface area contributed by atoms with E-state index in [0.717, 1.165) is 62.2 Å². The van der Waals surface area contributed by atoms with Crippen molar-refractivity contribution in [2.75, 3.05) is 45.8 Å². The Morgan fingerprint density at radius 2 is 1.57 bits per heavy atom. The average Bonchev–Trinajstić information content (AvgIpc) is 2.97. The Labute approximate surface area is 236 Å². The first-order valence-electron chi connectivity index (χ1n) is 14.2. The molecule has 5 rings (SSSR count). The van der Waals surface area contributed by atoms with E-state index in [1.807, 2.05) is 36.1 Å². The van der Waals surface area contributed by atoms with Crippen molar-refractivity contribution in [3.63, 3.8) is 0 Å². The van der Waals surface area contributed by atoms with Crippen molar-refractivity contribution in [2.24, 2.45) is 0 Å². The van der Waals surface area contributed by atoms with Crippen LogP contribution in [0.15, 0.2) is 71.5 Å². The van der Waals surface area contributed by atoms with Gasteiger partial charge >= 0.3 is 0 Å². The van der Waals surface area contributed by atoms with Crippen molar-refractivity contribution in [1.29, 1.82) is 0 Å². The lowest BCUT2D eigenvalue weighted by molar-refractivity contribution is -0.132. The minimum atomic E-state index is -0.0676. The molecule has 0 bridgehead atoms. The molecule has 1 aromatic heterocycles. The third-order valence-electron chi connectivity index (χ3n) is 7.54. The number of benzene rings is 2. The summed E-state index contributed by atoms with van der Waals surface area (Å²) >= 11 is 0. The second kappa shape index (κ2) is 14.1. The van der Waals surface area contributed by atoms with Gasteiger partial charge in [-0.05, 0) is 42.8 Å². The van der Waals surface area contributed by atoms with Crippen molar-refractivity contribution < 1.29 is 9.59 Å². The highest BCUT2D eigenvalue weighted by Gasteiger charge is 2.24. The Balaban J connectivity index is 0.000000406. The Kier molecular flexibility index (Phi) is 10.3. The van der Waals surface area contributed by atoms with Gasteiger partial charge in [-0.25, -0.2) is 0 Å². The molecule has 40 heavy (non-hydrogen) atoms. The van der Waals surface area contributed by atoms with E-state index in [0.29, 0.717) is 31.6 Å². The molecule has 8 nitrogen and oxygen atoms in total. The number of aromatic nitrogens is 1. The number of fused-ring (bicyclic) bond motifs is 3. The fourth-order valence-electron chi connectivity index (χ4n) is 5.27. The van der Waals surface area contributed by atoms with Crippen molar-refractivity contribution in [3.05, 3.63) is 93.9 Å². The number of piperazine rings is 1. The largest absolute Gasteiger partial charge is 0.353 e. The maximum atomic E-state index is 12.9. The summed E-state index contributed by atoms with van der Waals surface area (Å²) in [6.45, 7) is 14.8. The minimum Gasteiger partial charge on any atom is -0.353 e. The van der Waals surface area contributed by atoms with Gasteiger partial charge in [-0.15, -0.1) is 0 Å². The summed E-state index contributed by atoms with van der Waals surface area (Å²) in [6, 6.07) is 18.3. The highest BCUT2D eigenvalue weighted by Crippen LogP contribution is 2.24. The number of pyridine rings is 1. The van der Waals surface area contributed by atoms with E-state index in [-0.39, 0.29) is 17.4 Å². The zero-order valence-corrected chi connectivity index (χ0v) is 23.7. The van der Waals surface area contributed by atoms with Crippen molar-refractivity contribution in [2.45, 2.75) is 39.8 Å². The van der Waals surface area contributed by atoms with Gasteiger partial charge in [-0.3, -0.25) is 19.3 Å². The van der Waals surface area contributed by atoms with Gasteiger partial charge in [0.05, 0.1) is 6.54 Å². The molecule has 2 N–H and O–H groups in total. The summed E-state index contributed by atoms with van der Waals surface area (Å²) in [5.41, 5.74) is 3.92. The molecule has 0 unspecified atom stereocenters. The molecule has 8 heteroatoms. The molecule has 1 fully saturated rings. The third-order valence-corrected chi connectivity index (χ3v) is 7.54. The monoisotopic (exact) mass is 543 g/mol. The van der Waals surface area contributed by atoms with Crippen molar-refractivity contribution in [1.82, 2.24) is 25.0 Å². The van der Waals surface area contributed by atoms with Crippen LogP contribution in [-0.4, -0.2) is 77.3 Å². The molecule has 1 saturated heterocycles. The first kappa shape index (κ1) is 29.2. The van der Waals surface area contributed by atoms with Crippen LogP contribution in [0.3, 0.4) is 0 Å². The second-order valence-corrected chi connectivity index (χ2v) is 10.5. The predicted octanol–water partition coefficient (Wildman–Crippen LogP) is 3.32. The van der Waals surface area contributed by atoms with Gasteiger partial charge in [0.15, 0.2) is 0 Å². The standard InChI is InChI=1S/C26H30N4O2.C6H11NO/c31-25(11-12-28-14-16-29(17-15-28)18-20-6-2-1-3-7-20)30-13-10-22-21-8-4-5-9-23(21)26(32)27-24(22)19-30;1-4-7-6(8)5(2)3/h1-9H,10-19H2,(H,27,32);2,4H2,1,3H3,(H,7,8). The molecule has 2 amide bonds. The van der Waals surface area contributed by atoms with Gasteiger partial charge < -0.3 is 20.1 Å². The van der Waals surface area contributed by atoms with Gasteiger partial charge in [0.2, 0.25) is 11.8 Å². The lowest BCUT2D eigenvalue weighted by Crippen LogP contribution is -2.47. The van der Waals surface area contributed by atoms with Crippen molar-refractivity contribution in [3.8, 4) is 0 Å². The van der Waals surface area contributed by atoms with Crippen LogP contribution in [0.5, 0.6) is 0 Å². The van der Waals surface area contributed by atoms with Crippen LogP contribution >= 0.6 is 0 Å². The van der Waals surface area contributed by atoms with Crippen LogP contribution in [0.25, 0.3) is 10.8 Å². The second-order valence-electron chi connectivity index (χ2n) is 10.5. The van der Waals surface area contributed by atoms with Gasteiger partial charge in [-0.1, -0.05) is 55.1 Å². The summed E-state index contributed by atoms with van der Waals surface area (Å²) in [5, 5.41) is 4.36. The van der Waals surface area contributed by atoms with Crippen molar-refractivity contribution >= 4 is 22.6 Å². The molecule has 0 saturated carbocycles. The average molecular weight is 544 g/mol. The van der Waals surface area contributed by atoms with Crippen LogP contribution in [0, 0.1) is 0 Å². The molecule has 2 aliphatic rings. The highest BCUT2D eigenvalue weighted by atomic mass is 16.2. The first-order valence-corrected chi connectivity index (χ1v) is 14.2. The number of aromatic amines is 1. The number of amides is 2. The summed E-state index contributed by atoms with van der Waals surface area (Å²) in [6.07, 6.45) is 1.32. The fourth-order valence-corrected chi connectivity index (χ4v) is 5.27. The van der Waals surface area contributed by atoms with Gasteiger partial charge in [0, 0.05) is 75.4 Å². The van der Waals surface area contributed by atoms with Gasteiger partial charge in [-0.2, -0.15) is 0 Å². The van der Waals surface area contributed by atoms with E-state index in [1.165, 1.54) is 11.1 Å². The number of hydrogen-bond acceptors (Lipinski definition) is 5. The number of hydrogen-bond donors (Lipinski definition) is 2. The molecule has 2 aliphatic heterocycles. The summed E-state index contributed by atoms with van der Waals surface area (Å²) < 4.78 is 0. The zero-order chi connectivity index (χ0) is 28.5. The number of likely N-dealkylation sites (N-methyl/N-ethyl adjacent to an activating group) is 1. The molecule has 212 valence electrons. The molecule has 0 atom stereocenters. The van der Waals surface area contributed by atoms with Crippen LogP contribution in [0.4, 0.5) is 0 Å². The Morgan fingerprint density at radius 1 is 0.925 bits per heavy atom. The fraction of sp³-hybridized carbons (Fsp3) is 0.406. The third kappa shape index (κ3) is 7.67. The van der Waals surface area contributed by atoms with Crippen LogP contribution in [-0.2, 0) is 29.1 Å². The summed E-state index contributed by atoms with van der Waals surface area (Å²) in [5.74, 6) is 0.115. The van der Waals surface area contributed by atoms with E-state index in [2.05, 4.69) is 57.0 Å². The lowest BCUT2D eigenvalue weighted by Gasteiger charge is -2.35. The number of nitrogens with one attached hydrogen (secondary N) is 2. The Morgan fingerprint density at radius 3 is 2.23 bits per heavy atom. The summed E-state index contributed by atoms with van der Waals surface area (Å²) in [4.78, 5) is 45.7. The molecule has 3 aromatic rings. The molecule has 2 aromatic carbocycles. The van der Waals surface area contributed by atoms with Gasteiger partial charge in [0.1, 0.15) is 0 Å². The Bertz CT molecular complexity index is 1380. The Hall–Kier alpha value is -3.75. The number of carbonyl (C=O) groups excluding carboxylic acids is 2.